The number of nitro groups is 1. The van der Waals surface area contributed by atoms with E-state index in [-0.39, 0.29) is 17.9 Å². The standard InChI is InChI=1S/C34H39N5O6/c1-23(2)45-34(41)31-25(4)36-24(3)30(32(31)28-9-6-10-29(20-28)39(42)43)33(40)44-19-18-37(5)16-7-8-26-11-13-27(14-12-26)21-38-17-15-35-22-38/h6-15,17,20,22-23,31-32H,16,18-19,21H2,1-5H3. The van der Waals surface area contributed by atoms with Crippen molar-refractivity contribution >= 4 is 29.4 Å². The van der Waals surface area contributed by atoms with E-state index in [1.807, 2.05) is 34.9 Å². The molecule has 0 aliphatic carbocycles. The first kappa shape index (κ1) is 33.0. The molecule has 0 saturated carbocycles. The number of benzene rings is 2. The van der Waals surface area contributed by atoms with Gasteiger partial charge in [-0.15, -0.1) is 0 Å². The number of hydrogen-bond acceptors (Lipinski definition) is 9. The largest absolute Gasteiger partial charge is 0.462 e. The molecule has 3 aromatic rings. The Balaban J connectivity index is 1.40. The lowest BCUT2D eigenvalue weighted by atomic mass is 9.75. The highest BCUT2D eigenvalue weighted by atomic mass is 16.6. The predicted octanol–water partition coefficient (Wildman–Crippen LogP) is 5.43. The number of carbonyl (C=O) groups excluding carboxylic acids is 2. The second-order valence-corrected chi connectivity index (χ2v) is 11.3. The summed E-state index contributed by atoms with van der Waals surface area (Å²) in [5.74, 6) is -2.97. The molecule has 0 bridgehead atoms. The van der Waals surface area contributed by atoms with Crippen molar-refractivity contribution < 1.29 is 24.0 Å². The molecule has 0 fully saturated rings. The smallest absolute Gasteiger partial charge is 0.336 e. The molecule has 0 N–H and O–H groups in total. The van der Waals surface area contributed by atoms with Gasteiger partial charge in [-0.25, -0.2) is 9.78 Å². The molecular formula is C34H39N5O6. The molecule has 2 atom stereocenters. The van der Waals surface area contributed by atoms with Crippen molar-refractivity contribution in [1.82, 2.24) is 14.5 Å². The Bertz CT molecular complexity index is 1590. The first-order valence-corrected chi connectivity index (χ1v) is 14.8. The van der Waals surface area contributed by atoms with Gasteiger partial charge in [-0.1, -0.05) is 48.6 Å². The fourth-order valence-corrected chi connectivity index (χ4v) is 5.26. The number of ether oxygens (including phenoxy) is 2. The highest BCUT2D eigenvalue weighted by Gasteiger charge is 2.43. The van der Waals surface area contributed by atoms with Crippen molar-refractivity contribution in [3.63, 3.8) is 0 Å². The van der Waals surface area contributed by atoms with Gasteiger partial charge in [-0.05, 0) is 51.4 Å². The molecule has 0 radical (unpaired) electrons. The third kappa shape index (κ3) is 8.82. The summed E-state index contributed by atoms with van der Waals surface area (Å²) in [6.07, 6.45) is 9.17. The van der Waals surface area contributed by atoms with E-state index in [1.165, 1.54) is 23.8 Å². The highest BCUT2D eigenvalue weighted by molar-refractivity contribution is 6.07. The number of esters is 2. The molecule has 1 aliphatic heterocycles. The Labute approximate surface area is 263 Å². The lowest BCUT2D eigenvalue weighted by Crippen LogP contribution is -2.37. The van der Waals surface area contributed by atoms with E-state index in [1.54, 1.807) is 46.3 Å². The van der Waals surface area contributed by atoms with E-state index in [0.717, 1.165) is 12.1 Å². The molecule has 0 amide bonds. The van der Waals surface area contributed by atoms with E-state index in [9.17, 15) is 19.7 Å². The fraction of sp³-hybridized carbons (Fsp3) is 0.353. The number of nitrogens with zero attached hydrogens (tertiary/aromatic N) is 5. The van der Waals surface area contributed by atoms with Crippen LogP contribution in [0.2, 0.25) is 0 Å². The first-order valence-electron chi connectivity index (χ1n) is 14.8. The Kier molecular flexibility index (Phi) is 11.2. The molecule has 1 aliphatic rings. The van der Waals surface area contributed by atoms with Crippen molar-refractivity contribution in [1.29, 1.82) is 0 Å². The normalized spacial score (nSPS) is 16.7. The molecule has 2 heterocycles. The number of allylic oxidation sites excluding steroid dienone is 1. The molecular weight excluding hydrogens is 574 g/mol. The molecule has 45 heavy (non-hydrogen) atoms. The van der Waals surface area contributed by atoms with Gasteiger partial charge >= 0.3 is 11.9 Å². The molecule has 0 saturated heterocycles. The van der Waals surface area contributed by atoms with Crippen LogP contribution in [0.25, 0.3) is 6.08 Å². The summed E-state index contributed by atoms with van der Waals surface area (Å²) in [4.78, 5) is 48.4. The van der Waals surface area contributed by atoms with Crippen LogP contribution >= 0.6 is 0 Å². The van der Waals surface area contributed by atoms with E-state index in [2.05, 4.69) is 34.2 Å². The van der Waals surface area contributed by atoms with Gasteiger partial charge < -0.3 is 14.0 Å². The lowest BCUT2D eigenvalue weighted by Gasteiger charge is -2.32. The second kappa shape index (κ2) is 15.2. The minimum absolute atomic E-state index is 0.106. The van der Waals surface area contributed by atoms with Gasteiger partial charge in [-0.2, -0.15) is 0 Å². The topological polar surface area (TPSA) is 129 Å². The highest BCUT2D eigenvalue weighted by Crippen LogP contribution is 2.41. The van der Waals surface area contributed by atoms with Crippen LogP contribution in [0.4, 0.5) is 5.69 Å². The second-order valence-electron chi connectivity index (χ2n) is 11.3. The van der Waals surface area contributed by atoms with E-state index < -0.39 is 34.8 Å². The van der Waals surface area contributed by atoms with Crippen LogP contribution < -0.4 is 0 Å². The van der Waals surface area contributed by atoms with Crippen molar-refractivity contribution in [3.8, 4) is 0 Å². The first-order chi connectivity index (χ1) is 21.5. The molecule has 0 spiro atoms. The molecule has 11 nitrogen and oxygen atoms in total. The SMILES string of the molecule is CC1=NC(C)=C(C(=O)OCCN(C)CC=Cc2ccc(Cn3ccnc3)cc2)C(c2cccc([N+](=O)[O-])c2)C1C(=O)OC(C)C. The number of aromatic nitrogens is 2. The maximum Gasteiger partial charge on any atom is 0.336 e. The van der Waals surface area contributed by atoms with Crippen LogP contribution in [-0.2, 0) is 25.6 Å². The Morgan fingerprint density at radius 1 is 1.16 bits per heavy atom. The quantitative estimate of drug-likeness (QED) is 0.142. The van der Waals surface area contributed by atoms with Gasteiger partial charge in [0.15, 0.2) is 0 Å². The summed E-state index contributed by atoms with van der Waals surface area (Å²) in [7, 11) is 1.93. The van der Waals surface area contributed by atoms with Crippen LogP contribution in [0.3, 0.4) is 0 Å². The summed E-state index contributed by atoms with van der Waals surface area (Å²) >= 11 is 0. The number of aliphatic imine (C=N–C) groups is 1. The van der Waals surface area contributed by atoms with E-state index in [4.69, 9.17) is 9.47 Å². The average Bonchev–Trinajstić information content (AvgIpc) is 3.50. The maximum atomic E-state index is 13.5. The summed E-state index contributed by atoms with van der Waals surface area (Å²) in [6, 6.07) is 14.3. The van der Waals surface area contributed by atoms with Crippen LogP contribution in [0.1, 0.15) is 50.3 Å². The molecule has 2 unspecified atom stereocenters. The third-order valence-electron chi connectivity index (χ3n) is 7.43. The molecule has 236 valence electrons. The summed E-state index contributed by atoms with van der Waals surface area (Å²) < 4.78 is 13.2. The van der Waals surface area contributed by atoms with Gasteiger partial charge in [0, 0.05) is 61.5 Å². The zero-order valence-electron chi connectivity index (χ0n) is 26.3. The zero-order valence-corrected chi connectivity index (χ0v) is 26.3. The summed E-state index contributed by atoms with van der Waals surface area (Å²) in [5.41, 5.74) is 3.61. The Hall–Kier alpha value is -4.90. The number of imidazole rings is 1. The van der Waals surface area contributed by atoms with Crippen molar-refractivity contribution in [2.45, 2.75) is 46.3 Å². The van der Waals surface area contributed by atoms with Crippen molar-refractivity contribution in [3.05, 3.63) is 111 Å². The number of hydrogen-bond donors (Lipinski definition) is 0. The summed E-state index contributed by atoms with van der Waals surface area (Å²) in [6.45, 7) is 8.82. The number of likely N-dealkylation sites (N-methyl/N-ethyl adjacent to an activating group) is 1. The third-order valence-corrected chi connectivity index (χ3v) is 7.43. The minimum atomic E-state index is -0.937. The van der Waals surface area contributed by atoms with Gasteiger partial charge in [0.1, 0.15) is 12.5 Å². The Morgan fingerprint density at radius 3 is 2.58 bits per heavy atom. The van der Waals surface area contributed by atoms with Gasteiger partial charge in [0.25, 0.3) is 5.69 Å². The number of non-ortho nitro benzene ring substituents is 1. The van der Waals surface area contributed by atoms with Crippen LogP contribution in [0.15, 0.2) is 89.6 Å². The number of rotatable bonds is 13. The lowest BCUT2D eigenvalue weighted by molar-refractivity contribution is -0.384. The van der Waals surface area contributed by atoms with E-state index >= 15 is 0 Å². The zero-order chi connectivity index (χ0) is 32.5. The molecule has 1 aromatic heterocycles. The number of nitro benzene ring substituents is 1. The van der Waals surface area contributed by atoms with Crippen LogP contribution in [0.5, 0.6) is 0 Å². The molecule has 11 heteroatoms. The predicted molar refractivity (Wildman–Crippen MR) is 172 cm³/mol. The van der Waals surface area contributed by atoms with Crippen LogP contribution in [0, 0.1) is 16.0 Å². The van der Waals surface area contributed by atoms with Gasteiger partial charge in [0.2, 0.25) is 0 Å². The summed E-state index contributed by atoms with van der Waals surface area (Å²) in [5, 5.41) is 11.5. The average molecular weight is 614 g/mol. The van der Waals surface area contributed by atoms with Crippen LogP contribution in [-0.4, -0.2) is 69.9 Å². The van der Waals surface area contributed by atoms with Gasteiger partial charge in [-0.3, -0.25) is 24.8 Å². The molecule has 2 aromatic carbocycles. The van der Waals surface area contributed by atoms with Gasteiger partial charge in [0.05, 0.1) is 22.9 Å². The van der Waals surface area contributed by atoms with E-state index in [0.29, 0.717) is 30.1 Å². The minimum Gasteiger partial charge on any atom is -0.462 e. The monoisotopic (exact) mass is 613 g/mol. The maximum absolute atomic E-state index is 13.5. The van der Waals surface area contributed by atoms with Crippen molar-refractivity contribution in [2.75, 3.05) is 26.7 Å². The van der Waals surface area contributed by atoms with Crippen molar-refractivity contribution in [2.24, 2.45) is 10.9 Å². The Morgan fingerprint density at radius 2 is 1.91 bits per heavy atom. The molecule has 4 rings (SSSR count). The number of carbonyl (C=O) groups is 2. The fourth-order valence-electron chi connectivity index (χ4n) is 5.26.